The third-order valence-corrected chi connectivity index (χ3v) is 3.51. The van der Waals surface area contributed by atoms with Gasteiger partial charge in [0.2, 0.25) is 0 Å². The molecule has 0 amide bonds. The molecule has 1 fully saturated rings. The summed E-state index contributed by atoms with van der Waals surface area (Å²) in [7, 11) is 0. The van der Waals surface area contributed by atoms with Crippen molar-refractivity contribution in [2.24, 2.45) is 10.7 Å². The maximum Gasteiger partial charge on any atom is 0.387 e. The van der Waals surface area contributed by atoms with E-state index in [1.54, 1.807) is 18.2 Å². The summed E-state index contributed by atoms with van der Waals surface area (Å²) in [5.41, 5.74) is 6.64. The molecule has 0 heterocycles. The molecular formula is C15H22F2IN3O. The van der Waals surface area contributed by atoms with Gasteiger partial charge in [-0.25, -0.2) is 4.99 Å². The van der Waals surface area contributed by atoms with Crippen LogP contribution in [-0.4, -0.2) is 18.6 Å². The third kappa shape index (κ3) is 6.76. The average molecular weight is 425 g/mol. The number of hydrogen-bond donors (Lipinski definition) is 2. The quantitative estimate of drug-likeness (QED) is 0.430. The SMILES string of the molecule is I.NC(=NCc1cccc(OC(F)F)c1)NC1CCCCC1. The second-order valence-electron chi connectivity index (χ2n) is 5.21. The van der Waals surface area contributed by atoms with Gasteiger partial charge in [0.15, 0.2) is 5.96 Å². The van der Waals surface area contributed by atoms with Gasteiger partial charge in [-0.15, -0.1) is 24.0 Å². The van der Waals surface area contributed by atoms with E-state index in [9.17, 15) is 8.78 Å². The minimum absolute atomic E-state index is 0. The fourth-order valence-electron chi connectivity index (χ4n) is 2.50. The van der Waals surface area contributed by atoms with E-state index in [0.717, 1.165) is 18.4 Å². The zero-order valence-corrected chi connectivity index (χ0v) is 14.6. The van der Waals surface area contributed by atoms with Gasteiger partial charge in [0.05, 0.1) is 6.54 Å². The van der Waals surface area contributed by atoms with E-state index in [1.807, 2.05) is 0 Å². The molecule has 0 atom stereocenters. The molecule has 0 aromatic heterocycles. The Morgan fingerprint density at radius 1 is 1.32 bits per heavy atom. The van der Waals surface area contributed by atoms with Gasteiger partial charge in [-0.3, -0.25) is 0 Å². The molecule has 0 bridgehead atoms. The fraction of sp³-hybridized carbons (Fsp3) is 0.533. The average Bonchev–Trinajstić information content (AvgIpc) is 2.46. The van der Waals surface area contributed by atoms with Gasteiger partial charge >= 0.3 is 6.61 Å². The lowest BCUT2D eigenvalue weighted by molar-refractivity contribution is -0.0498. The summed E-state index contributed by atoms with van der Waals surface area (Å²) in [4.78, 5) is 4.25. The largest absolute Gasteiger partial charge is 0.435 e. The summed E-state index contributed by atoms with van der Waals surface area (Å²) >= 11 is 0. The molecule has 0 aliphatic heterocycles. The first-order valence-corrected chi connectivity index (χ1v) is 7.23. The molecule has 0 radical (unpaired) electrons. The van der Waals surface area contributed by atoms with Crippen molar-refractivity contribution in [2.75, 3.05) is 0 Å². The van der Waals surface area contributed by atoms with E-state index in [0.29, 0.717) is 18.5 Å². The molecule has 0 saturated heterocycles. The predicted octanol–water partition coefficient (Wildman–Crippen LogP) is 3.64. The Kier molecular flexibility index (Phi) is 8.44. The van der Waals surface area contributed by atoms with Crippen LogP contribution in [0.15, 0.2) is 29.3 Å². The van der Waals surface area contributed by atoms with Gasteiger partial charge in [0, 0.05) is 6.04 Å². The van der Waals surface area contributed by atoms with Crippen molar-refractivity contribution < 1.29 is 13.5 Å². The summed E-state index contributed by atoms with van der Waals surface area (Å²) < 4.78 is 28.6. The van der Waals surface area contributed by atoms with Crippen LogP contribution in [0.1, 0.15) is 37.7 Å². The smallest absolute Gasteiger partial charge is 0.387 e. The Labute approximate surface area is 146 Å². The lowest BCUT2D eigenvalue weighted by atomic mass is 9.96. The molecule has 0 spiro atoms. The molecule has 1 aliphatic carbocycles. The van der Waals surface area contributed by atoms with Crippen LogP contribution in [0.5, 0.6) is 5.75 Å². The van der Waals surface area contributed by atoms with E-state index in [4.69, 9.17) is 5.73 Å². The van der Waals surface area contributed by atoms with Crippen molar-refractivity contribution >= 4 is 29.9 Å². The topological polar surface area (TPSA) is 59.6 Å². The van der Waals surface area contributed by atoms with Crippen molar-refractivity contribution in [3.05, 3.63) is 29.8 Å². The van der Waals surface area contributed by atoms with Crippen LogP contribution in [0.4, 0.5) is 8.78 Å². The number of aliphatic imine (C=N–C) groups is 1. The van der Waals surface area contributed by atoms with Gasteiger partial charge in [-0.2, -0.15) is 8.78 Å². The van der Waals surface area contributed by atoms with Crippen LogP contribution >= 0.6 is 24.0 Å². The normalized spacial score (nSPS) is 16.2. The number of hydrogen-bond acceptors (Lipinski definition) is 2. The van der Waals surface area contributed by atoms with Crippen LogP contribution in [0.2, 0.25) is 0 Å². The number of guanidine groups is 1. The van der Waals surface area contributed by atoms with Crippen LogP contribution in [0, 0.1) is 0 Å². The molecule has 124 valence electrons. The highest BCUT2D eigenvalue weighted by atomic mass is 127. The first-order chi connectivity index (χ1) is 10.1. The number of nitrogens with two attached hydrogens (primary N) is 1. The number of halogens is 3. The molecule has 4 nitrogen and oxygen atoms in total. The van der Waals surface area contributed by atoms with Gasteiger partial charge in [-0.05, 0) is 30.5 Å². The number of nitrogens with zero attached hydrogens (tertiary/aromatic N) is 1. The molecule has 0 unspecified atom stereocenters. The fourth-order valence-corrected chi connectivity index (χ4v) is 2.50. The van der Waals surface area contributed by atoms with Gasteiger partial charge < -0.3 is 15.8 Å². The van der Waals surface area contributed by atoms with E-state index in [1.165, 1.54) is 25.3 Å². The summed E-state index contributed by atoms with van der Waals surface area (Å²) in [6.45, 7) is -2.48. The number of benzene rings is 1. The summed E-state index contributed by atoms with van der Waals surface area (Å²) in [6.07, 6.45) is 5.96. The molecule has 1 aliphatic rings. The first kappa shape index (κ1) is 18.9. The zero-order valence-electron chi connectivity index (χ0n) is 12.3. The van der Waals surface area contributed by atoms with Crippen molar-refractivity contribution in [1.29, 1.82) is 0 Å². The number of alkyl halides is 2. The van der Waals surface area contributed by atoms with Gasteiger partial charge in [0.25, 0.3) is 0 Å². The van der Waals surface area contributed by atoms with Crippen molar-refractivity contribution in [3.63, 3.8) is 0 Å². The minimum Gasteiger partial charge on any atom is -0.435 e. The molecule has 3 N–H and O–H groups in total. The van der Waals surface area contributed by atoms with E-state index in [2.05, 4.69) is 15.0 Å². The minimum atomic E-state index is -2.82. The van der Waals surface area contributed by atoms with E-state index >= 15 is 0 Å². The Morgan fingerprint density at radius 3 is 2.73 bits per heavy atom. The monoisotopic (exact) mass is 425 g/mol. The predicted molar refractivity (Wildman–Crippen MR) is 93.8 cm³/mol. The Balaban J connectivity index is 0.00000242. The number of ether oxygens (including phenoxy) is 1. The first-order valence-electron chi connectivity index (χ1n) is 7.23. The van der Waals surface area contributed by atoms with E-state index < -0.39 is 6.61 Å². The molecule has 7 heteroatoms. The van der Waals surface area contributed by atoms with Crippen molar-refractivity contribution in [3.8, 4) is 5.75 Å². The Morgan fingerprint density at radius 2 is 2.05 bits per heavy atom. The second-order valence-corrected chi connectivity index (χ2v) is 5.21. The lowest BCUT2D eigenvalue weighted by Gasteiger charge is -2.23. The summed E-state index contributed by atoms with van der Waals surface area (Å²) in [5.74, 6) is 0.540. The maximum absolute atomic E-state index is 12.1. The van der Waals surface area contributed by atoms with Crippen LogP contribution < -0.4 is 15.8 Å². The van der Waals surface area contributed by atoms with Crippen LogP contribution in [-0.2, 0) is 6.54 Å². The number of rotatable bonds is 5. The van der Waals surface area contributed by atoms with Gasteiger partial charge in [-0.1, -0.05) is 31.4 Å². The standard InChI is InChI=1S/C15H21F2N3O.HI/c16-14(17)21-13-8-4-5-11(9-13)10-19-15(18)20-12-6-2-1-3-7-12;/h4-5,8-9,12,14H,1-3,6-7,10H2,(H3,18,19,20);1H. The van der Waals surface area contributed by atoms with Crippen molar-refractivity contribution in [2.45, 2.75) is 51.3 Å². The molecule has 22 heavy (non-hydrogen) atoms. The molecule has 1 aromatic rings. The van der Waals surface area contributed by atoms with Crippen LogP contribution in [0.3, 0.4) is 0 Å². The summed E-state index contributed by atoms with van der Waals surface area (Å²) in [5, 5.41) is 3.21. The van der Waals surface area contributed by atoms with Crippen molar-refractivity contribution in [1.82, 2.24) is 5.32 Å². The van der Waals surface area contributed by atoms with E-state index in [-0.39, 0.29) is 29.7 Å². The lowest BCUT2D eigenvalue weighted by Crippen LogP contribution is -2.41. The number of nitrogens with one attached hydrogen (secondary N) is 1. The summed E-state index contributed by atoms with van der Waals surface area (Å²) in [6, 6.07) is 6.89. The Bertz CT molecular complexity index is 480. The third-order valence-electron chi connectivity index (χ3n) is 3.51. The Hall–Kier alpha value is -1.12. The molecule has 2 rings (SSSR count). The highest BCUT2D eigenvalue weighted by Crippen LogP contribution is 2.18. The zero-order chi connectivity index (χ0) is 15.1. The van der Waals surface area contributed by atoms with Gasteiger partial charge in [0.1, 0.15) is 5.75 Å². The molecule has 1 aromatic carbocycles. The van der Waals surface area contributed by atoms with Crippen LogP contribution in [0.25, 0.3) is 0 Å². The molecule has 1 saturated carbocycles. The highest BCUT2D eigenvalue weighted by Gasteiger charge is 2.13. The second kappa shape index (κ2) is 9.81. The molecular weight excluding hydrogens is 403 g/mol. The highest BCUT2D eigenvalue weighted by molar-refractivity contribution is 14.0. The maximum atomic E-state index is 12.1.